The summed E-state index contributed by atoms with van der Waals surface area (Å²) in [4.78, 5) is 28.7. The molecule has 0 aliphatic rings. The van der Waals surface area contributed by atoms with Gasteiger partial charge in [0, 0.05) is 0 Å². The van der Waals surface area contributed by atoms with Gasteiger partial charge >= 0.3 is 5.97 Å². The molecule has 0 atom stereocenters. The molecule has 0 radical (unpaired) electrons. The predicted octanol–water partition coefficient (Wildman–Crippen LogP) is 3.79. The fourth-order valence-electron chi connectivity index (χ4n) is 1.89. The zero-order valence-electron chi connectivity index (χ0n) is 11.7. The van der Waals surface area contributed by atoms with E-state index in [2.05, 4.69) is 10.3 Å². The van der Waals surface area contributed by atoms with E-state index in [-0.39, 0.29) is 11.9 Å². The summed E-state index contributed by atoms with van der Waals surface area (Å²) >= 11 is 2.74. The van der Waals surface area contributed by atoms with Crippen LogP contribution in [0, 0.1) is 0 Å². The third kappa shape index (κ3) is 3.00. The SMILES string of the molecule is CCOC(=O)c1ccc2sc(NC(=O)c3cccs3)nc2c1. The Bertz CT molecular complexity index is 825. The minimum Gasteiger partial charge on any atom is -0.462 e. The Morgan fingerprint density at radius 3 is 2.91 bits per heavy atom. The average Bonchev–Trinajstić information content (AvgIpc) is 3.15. The fourth-order valence-corrected chi connectivity index (χ4v) is 3.35. The summed E-state index contributed by atoms with van der Waals surface area (Å²) in [5, 5.41) is 5.13. The molecule has 0 aliphatic carbocycles. The lowest BCUT2D eigenvalue weighted by atomic mass is 10.2. The molecule has 3 rings (SSSR count). The summed E-state index contributed by atoms with van der Waals surface area (Å²) < 4.78 is 5.86. The third-order valence-electron chi connectivity index (χ3n) is 2.86. The Hall–Kier alpha value is -2.25. The van der Waals surface area contributed by atoms with Crippen LogP contribution in [0.4, 0.5) is 5.13 Å². The molecule has 1 aromatic carbocycles. The summed E-state index contributed by atoms with van der Waals surface area (Å²) in [7, 11) is 0. The molecule has 0 saturated carbocycles. The van der Waals surface area contributed by atoms with E-state index in [1.165, 1.54) is 22.7 Å². The molecule has 0 unspecified atom stereocenters. The van der Waals surface area contributed by atoms with Crippen LogP contribution in [0.25, 0.3) is 10.2 Å². The van der Waals surface area contributed by atoms with Gasteiger partial charge in [-0.05, 0) is 36.6 Å². The average molecular weight is 332 g/mol. The van der Waals surface area contributed by atoms with Gasteiger partial charge < -0.3 is 4.74 Å². The van der Waals surface area contributed by atoms with Crippen LogP contribution >= 0.6 is 22.7 Å². The van der Waals surface area contributed by atoms with E-state index in [4.69, 9.17) is 4.74 Å². The minimum absolute atomic E-state index is 0.181. The topological polar surface area (TPSA) is 68.3 Å². The number of fused-ring (bicyclic) bond motifs is 1. The summed E-state index contributed by atoms with van der Waals surface area (Å²) in [6, 6.07) is 8.75. The van der Waals surface area contributed by atoms with Crippen molar-refractivity contribution in [3.8, 4) is 0 Å². The number of ether oxygens (including phenoxy) is 1. The Morgan fingerprint density at radius 2 is 2.18 bits per heavy atom. The van der Waals surface area contributed by atoms with Crippen molar-refractivity contribution in [2.45, 2.75) is 6.92 Å². The summed E-state index contributed by atoms with van der Waals surface area (Å²) in [6.07, 6.45) is 0. The first-order valence-corrected chi connectivity index (χ1v) is 8.29. The van der Waals surface area contributed by atoms with Crippen LogP contribution in [0.3, 0.4) is 0 Å². The van der Waals surface area contributed by atoms with Gasteiger partial charge in [0.15, 0.2) is 5.13 Å². The quantitative estimate of drug-likeness (QED) is 0.738. The highest BCUT2D eigenvalue weighted by Gasteiger charge is 2.13. The second-order valence-corrected chi connectivity index (χ2v) is 6.33. The molecule has 0 aliphatic heterocycles. The monoisotopic (exact) mass is 332 g/mol. The van der Waals surface area contributed by atoms with Gasteiger partial charge in [0.1, 0.15) is 0 Å². The number of hydrogen-bond acceptors (Lipinski definition) is 6. The third-order valence-corrected chi connectivity index (χ3v) is 4.68. The van der Waals surface area contributed by atoms with Crippen molar-refractivity contribution in [3.63, 3.8) is 0 Å². The largest absolute Gasteiger partial charge is 0.462 e. The summed E-state index contributed by atoms with van der Waals surface area (Å²) in [5.41, 5.74) is 1.12. The van der Waals surface area contributed by atoms with Crippen LogP contribution in [0.2, 0.25) is 0 Å². The van der Waals surface area contributed by atoms with Gasteiger partial charge in [-0.2, -0.15) is 0 Å². The molecule has 1 amide bonds. The first kappa shape index (κ1) is 14.7. The molecule has 22 heavy (non-hydrogen) atoms. The van der Waals surface area contributed by atoms with Crippen molar-refractivity contribution in [2.24, 2.45) is 0 Å². The standard InChI is InChI=1S/C15H12N2O3S2/c1-2-20-14(19)9-5-6-11-10(8-9)16-15(22-11)17-13(18)12-4-3-7-21-12/h3-8H,2H2,1H3,(H,16,17,18). The molecular formula is C15H12N2O3S2. The molecule has 112 valence electrons. The highest BCUT2D eigenvalue weighted by molar-refractivity contribution is 7.22. The molecule has 3 aromatic rings. The van der Waals surface area contributed by atoms with E-state index >= 15 is 0 Å². The molecule has 5 nitrogen and oxygen atoms in total. The molecule has 0 spiro atoms. The van der Waals surface area contributed by atoms with Crippen molar-refractivity contribution in [1.82, 2.24) is 4.98 Å². The summed E-state index contributed by atoms with van der Waals surface area (Å²) in [6.45, 7) is 2.09. The molecule has 0 bridgehead atoms. The Balaban J connectivity index is 1.83. The van der Waals surface area contributed by atoms with Gasteiger partial charge in [-0.15, -0.1) is 11.3 Å². The number of nitrogens with one attached hydrogen (secondary N) is 1. The lowest BCUT2D eigenvalue weighted by Gasteiger charge is -2.00. The molecule has 1 N–H and O–H groups in total. The molecule has 7 heteroatoms. The fraction of sp³-hybridized carbons (Fsp3) is 0.133. The van der Waals surface area contributed by atoms with Crippen LogP contribution < -0.4 is 5.32 Å². The maximum Gasteiger partial charge on any atom is 0.338 e. The number of esters is 1. The lowest BCUT2D eigenvalue weighted by Crippen LogP contribution is -2.09. The maximum atomic E-state index is 12.0. The molecule has 2 heterocycles. The number of nitrogens with zero attached hydrogens (tertiary/aromatic N) is 1. The number of aromatic nitrogens is 1. The van der Waals surface area contributed by atoms with Gasteiger partial charge in [0.05, 0.1) is 27.3 Å². The number of hydrogen-bond donors (Lipinski definition) is 1. The van der Waals surface area contributed by atoms with Gasteiger partial charge in [-0.1, -0.05) is 17.4 Å². The maximum absolute atomic E-state index is 12.0. The number of anilines is 1. The lowest BCUT2D eigenvalue weighted by molar-refractivity contribution is 0.0526. The molecule has 2 aromatic heterocycles. The molecule has 0 saturated heterocycles. The molecule has 0 fully saturated rings. The first-order valence-electron chi connectivity index (χ1n) is 6.60. The van der Waals surface area contributed by atoms with Crippen LogP contribution in [-0.4, -0.2) is 23.5 Å². The minimum atomic E-state index is -0.374. The van der Waals surface area contributed by atoms with Crippen molar-refractivity contribution < 1.29 is 14.3 Å². The van der Waals surface area contributed by atoms with E-state index in [9.17, 15) is 9.59 Å². The van der Waals surface area contributed by atoms with Crippen molar-refractivity contribution in [1.29, 1.82) is 0 Å². The van der Waals surface area contributed by atoms with Crippen LogP contribution in [0.5, 0.6) is 0 Å². The van der Waals surface area contributed by atoms with E-state index in [0.29, 0.717) is 27.7 Å². The van der Waals surface area contributed by atoms with Crippen LogP contribution in [-0.2, 0) is 4.74 Å². The zero-order chi connectivity index (χ0) is 15.5. The Morgan fingerprint density at radius 1 is 1.32 bits per heavy atom. The second kappa shape index (κ2) is 6.25. The number of carbonyl (C=O) groups is 2. The number of rotatable bonds is 4. The van der Waals surface area contributed by atoms with Gasteiger partial charge in [0.25, 0.3) is 5.91 Å². The number of thiazole rings is 1. The zero-order valence-corrected chi connectivity index (χ0v) is 13.3. The van der Waals surface area contributed by atoms with E-state index in [0.717, 1.165) is 4.70 Å². The normalized spacial score (nSPS) is 10.6. The molecular weight excluding hydrogens is 320 g/mol. The van der Waals surface area contributed by atoms with Crippen LogP contribution in [0.15, 0.2) is 35.7 Å². The van der Waals surface area contributed by atoms with Gasteiger partial charge in [0.2, 0.25) is 0 Å². The number of thiophene rings is 1. The van der Waals surface area contributed by atoms with Gasteiger partial charge in [-0.3, -0.25) is 10.1 Å². The van der Waals surface area contributed by atoms with Crippen LogP contribution in [0.1, 0.15) is 27.0 Å². The Labute approximate surface area is 134 Å². The second-order valence-electron chi connectivity index (χ2n) is 4.35. The van der Waals surface area contributed by atoms with E-state index in [1.54, 1.807) is 31.2 Å². The highest BCUT2D eigenvalue weighted by atomic mass is 32.1. The van der Waals surface area contributed by atoms with Gasteiger partial charge in [-0.25, -0.2) is 9.78 Å². The highest BCUT2D eigenvalue weighted by Crippen LogP contribution is 2.27. The smallest absolute Gasteiger partial charge is 0.338 e. The predicted molar refractivity (Wildman–Crippen MR) is 87.8 cm³/mol. The number of carbonyl (C=O) groups excluding carboxylic acids is 2. The first-order chi connectivity index (χ1) is 10.7. The van der Waals surface area contributed by atoms with E-state index < -0.39 is 0 Å². The van der Waals surface area contributed by atoms with Crippen molar-refractivity contribution in [3.05, 3.63) is 46.2 Å². The van der Waals surface area contributed by atoms with E-state index in [1.807, 2.05) is 11.4 Å². The Kier molecular flexibility index (Phi) is 4.17. The summed E-state index contributed by atoms with van der Waals surface area (Å²) in [5.74, 6) is -0.554. The van der Waals surface area contributed by atoms with Crippen molar-refractivity contribution >= 4 is 49.9 Å². The van der Waals surface area contributed by atoms with Crippen molar-refractivity contribution in [2.75, 3.05) is 11.9 Å². The number of amides is 1. The number of benzene rings is 1.